The molecular formula is C19H21BrN2O4. The molecule has 1 aromatic heterocycles. The molecule has 1 saturated heterocycles. The molecular weight excluding hydrogens is 400 g/mol. The van der Waals surface area contributed by atoms with Gasteiger partial charge in [-0.05, 0) is 52.7 Å². The highest BCUT2D eigenvalue weighted by Gasteiger charge is 2.26. The molecule has 2 aromatic rings. The molecule has 0 saturated carbocycles. The molecule has 0 aliphatic carbocycles. The average molecular weight is 421 g/mol. The molecule has 1 aliphatic heterocycles. The Kier molecular flexibility index (Phi) is 5.98. The van der Waals surface area contributed by atoms with Gasteiger partial charge in [-0.3, -0.25) is 9.59 Å². The van der Waals surface area contributed by atoms with Crippen molar-refractivity contribution >= 4 is 27.7 Å². The number of nitrogens with zero attached hydrogens (tertiary/aromatic N) is 2. The summed E-state index contributed by atoms with van der Waals surface area (Å²) in [6.45, 7) is 4.63. The molecule has 138 valence electrons. The number of hydrogen-bond acceptors (Lipinski definition) is 4. The molecule has 0 radical (unpaired) electrons. The van der Waals surface area contributed by atoms with Crippen LogP contribution in [0.15, 0.2) is 45.5 Å². The van der Waals surface area contributed by atoms with Gasteiger partial charge in [0.05, 0.1) is 13.0 Å². The van der Waals surface area contributed by atoms with Gasteiger partial charge < -0.3 is 19.0 Å². The van der Waals surface area contributed by atoms with Gasteiger partial charge in [-0.1, -0.05) is 12.1 Å². The molecule has 1 aliphatic rings. The Morgan fingerprint density at radius 3 is 2.27 bits per heavy atom. The molecule has 0 spiro atoms. The summed E-state index contributed by atoms with van der Waals surface area (Å²) in [5, 5.41) is 0. The van der Waals surface area contributed by atoms with Gasteiger partial charge in [0.1, 0.15) is 5.75 Å². The Morgan fingerprint density at radius 1 is 1.04 bits per heavy atom. The zero-order chi connectivity index (χ0) is 18.5. The van der Waals surface area contributed by atoms with Crippen molar-refractivity contribution in [2.75, 3.05) is 32.8 Å². The summed E-state index contributed by atoms with van der Waals surface area (Å²) in [5.41, 5.74) is 0.956. The summed E-state index contributed by atoms with van der Waals surface area (Å²) in [6.07, 6.45) is 0.353. The Hall–Kier alpha value is -2.28. The number of halogens is 1. The minimum Gasteiger partial charge on any atom is -0.494 e. The third kappa shape index (κ3) is 4.46. The first kappa shape index (κ1) is 18.5. The molecule has 26 heavy (non-hydrogen) atoms. The van der Waals surface area contributed by atoms with Crippen LogP contribution in [0.5, 0.6) is 5.75 Å². The first-order valence-electron chi connectivity index (χ1n) is 8.61. The van der Waals surface area contributed by atoms with E-state index < -0.39 is 0 Å². The second-order valence-corrected chi connectivity index (χ2v) is 6.81. The minimum atomic E-state index is -0.144. The van der Waals surface area contributed by atoms with Crippen LogP contribution in [0.25, 0.3) is 0 Å². The molecule has 0 N–H and O–H groups in total. The lowest BCUT2D eigenvalue weighted by molar-refractivity contribution is -0.131. The van der Waals surface area contributed by atoms with Crippen LogP contribution < -0.4 is 4.74 Å². The number of rotatable bonds is 5. The van der Waals surface area contributed by atoms with E-state index in [1.54, 1.807) is 21.9 Å². The van der Waals surface area contributed by atoms with Gasteiger partial charge in [-0.15, -0.1) is 0 Å². The lowest BCUT2D eigenvalue weighted by Gasteiger charge is -2.34. The van der Waals surface area contributed by atoms with E-state index in [9.17, 15) is 9.59 Å². The third-order valence-electron chi connectivity index (χ3n) is 4.29. The fourth-order valence-electron chi connectivity index (χ4n) is 2.90. The van der Waals surface area contributed by atoms with Gasteiger partial charge >= 0.3 is 0 Å². The summed E-state index contributed by atoms with van der Waals surface area (Å²) in [4.78, 5) is 28.4. The molecule has 3 rings (SSSR count). The molecule has 2 heterocycles. The standard InChI is InChI=1S/C19H21BrN2O4/c1-2-25-15-5-3-14(4-6-15)13-18(23)21-9-11-22(12-10-21)19(24)16-7-8-17(20)26-16/h3-8H,2,9-13H2,1H3. The van der Waals surface area contributed by atoms with Crippen molar-refractivity contribution < 1.29 is 18.7 Å². The van der Waals surface area contributed by atoms with Gasteiger partial charge in [0, 0.05) is 26.2 Å². The topological polar surface area (TPSA) is 63.0 Å². The van der Waals surface area contributed by atoms with Crippen molar-refractivity contribution in [2.45, 2.75) is 13.3 Å². The zero-order valence-corrected chi connectivity index (χ0v) is 16.2. The second-order valence-electron chi connectivity index (χ2n) is 6.03. The maximum atomic E-state index is 12.5. The van der Waals surface area contributed by atoms with Crippen LogP contribution >= 0.6 is 15.9 Å². The van der Waals surface area contributed by atoms with Crippen LogP contribution in [0, 0.1) is 0 Å². The van der Waals surface area contributed by atoms with E-state index in [0.717, 1.165) is 11.3 Å². The number of carbonyl (C=O) groups excluding carboxylic acids is 2. The van der Waals surface area contributed by atoms with Crippen molar-refractivity contribution in [3.05, 3.63) is 52.4 Å². The number of carbonyl (C=O) groups is 2. The van der Waals surface area contributed by atoms with Gasteiger partial charge in [0.2, 0.25) is 5.91 Å². The van der Waals surface area contributed by atoms with Crippen molar-refractivity contribution in [2.24, 2.45) is 0 Å². The van der Waals surface area contributed by atoms with Crippen LogP contribution in [-0.4, -0.2) is 54.4 Å². The van der Waals surface area contributed by atoms with Gasteiger partial charge in [-0.2, -0.15) is 0 Å². The lowest BCUT2D eigenvalue weighted by Crippen LogP contribution is -2.50. The Bertz CT molecular complexity index is 764. The van der Waals surface area contributed by atoms with Crippen molar-refractivity contribution in [1.82, 2.24) is 9.80 Å². The average Bonchev–Trinajstić information content (AvgIpc) is 3.09. The fourth-order valence-corrected chi connectivity index (χ4v) is 3.21. The van der Waals surface area contributed by atoms with Crippen LogP contribution in [0.3, 0.4) is 0 Å². The van der Waals surface area contributed by atoms with E-state index in [-0.39, 0.29) is 11.8 Å². The quantitative estimate of drug-likeness (QED) is 0.745. The number of ether oxygens (including phenoxy) is 1. The van der Waals surface area contributed by atoms with Crippen molar-refractivity contribution in [3.63, 3.8) is 0 Å². The van der Waals surface area contributed by atoms with Gasteiger partial charge in [0.15, 0.2) is 10.4 Å². The summed E-state index contributed by atoms with van der Waals surface area (Å²) >= 11 is 3.20. The molecule has 0 bridgehead atoms. The normalized spacial score (nSPS) is 14.4. The molecule has 7 heteroatoms. The first-order valence-corrected chi connectivity index (χ1v) is 9.40. The van der Waals surface area contributed by atoms with Crippen molar-refractivity contribution in [3.8, 4) is 5.75 Å². The maximum absolute atomic E-state index is 12.5. The predicted octanol–water partition coefficient (Wildman–Crippen LogP) is 2.97. The monoisotopic (exact) mass is 420 g/mol. The van der Waals surface area contributed by atoms with E-state index in [1.807, 2.05) is 31.2 Å². The lowest BCUT2D eigenvalue weighted by atomic mass is 10.1. The van der Waals surface area contributed by atoms with Gasteiger partial charge in [-0.25, -0.2) is 0 Å². The van der Waals surface area contributed by atoms with E-state index >= 15 is 0 Å². The number of furan rings is 1. The van der Waals surface area contributed by atoms with Crippen LogP contribution in [-0.2, 0) is 11.2 Å². The van der Waals surface area contributed by atoms with E-state index in [1.165, 1.54) is 0 Å². The predicted molar refractivity (Wildman–Crippen MR) is 100 cm³/mol. The Labute approximate surface area is 160 Å². The largest absolute Gasteiger partial charge is 0.494 e. The molecule has 1 fully saturated rings. The van der Waals surface area contributed by atoms with Crippen LogP contribution in [0.4, 0.5) is 0 Å². The van der Waals surface area contributed by atoms with E-state index in [4.69, 9.17) is 9.15 Å². The Morgan fingerprint density at radius 2 is 1.69 bits per heavy atom. The van der Waals surface area contributed by atoms with E-state index in [0.29, 0.717) is 49.6 Å². The molecule has 1 aromatic carbocycles. The highest BCUT2D eigenvalue weighted by molar-refractivity contribution is 9.10. The molecule has 6 nitrogen and oxygen atoms in total. The smallest absolute Gasteiger partial charge is 0.289 e. The van der Waals surface area contributed by atoms with Crippen LogP contribution in [0.1, 0.15) is 23.0 Å². The maximum Gasteiger partial charge on any atom is 0.289 e. The Balaban J connectivity index is 1.51. The van der Waals surface area contributed by atoms with Crippen LogP contribution in [0.2, 0.25) is 0 Å². The zero-order valence-electron chi connectivity index (χ0n) is 14.6. The molecule has 0 unspecified atom stereocenters. The number of piperazine rings is 1. The SMILES string of the molecule is CCOc1ccc(CC(=O)N2CCN(C(=O)c3ccc(Br)o3)CC2)cc1. The molecule has 2 amide bonds. The summed E-state index contributed by atoms with van der Waals surface area (Å²) < 4.78 is 11.3. The summed E-state index contributed by atoms with van der Waals surface area (Å²) in [6, 6.07) is 10.9. The number of amides is 2. The summed E-state index contributed by atoms with van der Waals surface area (Å²) in [5.74, 6) is 1.04. The number of benzene rings is 1. The summed E-state index contributed by atoms with van der Waals surface area (Å²) in [7, 11) is 0. The van der Waals surface area contributed by atoms with Crippen molar-refractivity contribution in [1.29, 1.82) is 0 Å². The number of hydrogen-bond donors (Lipinski definition) is 0. The highest BCUT2D eigenvalue weighted by atomic mass is 79.9. The van der Waals surface area contributed by atoms with E-state index in [2.05, 4.69) is 15.9 Å². The highest BCUT2D eigenvalue weighted by Crippen LogP contribution is 2.17. The molecule has 0 atom stereocenters. The third-order valence-corrected chi connectivity index (χ3v) is 4.72. The first-order chi connectivity index (χ1) is 12.6. The van der Waals surface area contributed by atoms with Gasteiger partial charge in [0.25, 0.3) is 5.91 Å². The minimum absolute atomic E-state index is 0.0713. The second kappa shape index (κ2) is 8.40. The fraction of sp³-hybridized carbons (Fsp3) is 0.368.